The molecule has 2 rings (SSSR count). The molecule has 0 spiro atoms. The molecule has 0 aliphatic heterocycles. The number of aromatic carboxylic acids is 1. The zero-order chi connectivity index (χ0) is 15.4. The van der Waals surface area contributed by atoms with Crippen molar-refractivity contribution < 1.29 is 14.6 Å². The van der Waals surface area contributed by atoms with Crippen LogP contribution in [-0.4, -0.2) is 28.2 Å². The molecule has 0 unspecified atom stereocenters. The summed E-state index contributed by atoms with van der Waals surface area (Å²) < 4.78 is 5.12. The van der Waals surface area contributed by atoms with E-state index in [0.29, 0.717) is 17.9 Å². The number of aromatic nitrogens is 2. The standard InChI is InChI=1S/C16H18N2O3/c1-10(2)15-13(16(19)20)9-17-14(18-15)8-11-4-6-12(21-3)7-5-11/h4-7,9-10H,8H2,1-3H3,(H,19,20). The molecule has 0 saturated carbocycles. The van der Waals surface area contributed by atoms with E-state index in [0.717, 1.165) is 11.3 Å². The molecular weight excluding hydrogens is 268 g/mol. The van der Waals surface area contributed by atoms with Crippen LogP contribution in [0, 0.1) is 0 Å². The number of rotatable bonds is 5. The van der Waals surface area contributed by atoms with Crippen LogP contribution in [0.4, 0.5) is 0 Å². The van der Waals surface area contributed by atoms with Crippen LogP contribution in [0.25, 0.3) is 0 Å². The van der Waals surface area contributed by atoms with E-state index in [1.807, 2.05) is 38.1 Å². The van der Waals surface area contributed by atoms with Gasteiger partial charge in [0.2, 0.25) is 0 Å². The van der Waals surface area contributed by atoms with Gasteiger partial charge < -0.3 is 9.84 Å². The summed E-state index contributed by atoms with van der Waals surface area (Å²) in [5, 5.41) is 9.16. The van der Waals surface area contributed by atoms with Crippen molar-refractivity contribution in [1.82, 2.24) is 9.97 Å². The van der Waals surface area contributed by atoms with Crippen molar-refractivity contribution in [3.05, 3.63) is 53.1 Å². The molecule has 0 atom stereocenters. The lowest BCUT2D eigenvalue weighted by molar-refractivity contribution is 0.0694. The Labute approximate surface area is 123 Å². The number of carbonyl (C=O) groups is 1. The third-order valence-corrected chi connectivity index (χ3v) is 3.17. The molecule has 0 bridgehead atoms. The van der Waals surface area contributed by atoms with E-state index in [1.54, 1.807) is 7.11 Å². The Kier molecular flexibility index (Phi) is 4.52. The van der Waals surface area contributed by atoms with Crippen molar-refractivity contribution in [2.75, 3.05) is 7.11 Å². The van der Waals surface area contributed by atoms with Crippen LogP contribution < -0.4 is 4.74 Å². The van der Waals surface area contributed by atoms with Gasteiger partial charge in [0.25, 0.3) is 0 Å². The second kappa shape index (κ2) is 6.35. The lowest BCUT2D eigenvalue weighted by atomic mass is 10.0. The maximum atomic E-state index is 11.2. The molecule has 1 aromatic heterocycles. The van der Waals surface area contributed by atoms with E-state index in [4.69, 9.17) is 9.84 Å². The first-order valence-electron chi connectivity index (χ1n) is 6.73. The van der Waals surface area contributed by atoms with Gasteiger partial charge >= 0.3 is 5.97 Å². The van der Waals surface area contributed by atoms with Crippen molar-refractivity contribution in [1.29, 1.82) is 0 Å². The average molecular weight is 286 g/mol. The number of carboxylic acids is 1. The Hall–Kier alpha value is -2.43. The summed E-state index contributed by atoms with van der Waals surface area (Å²) in [6, 6.07) is 7.65. The quantitative estimate of drug-likeness (QED) is 0.915. The third kappa shape index (κ3) is 3.56. The van der Waals surface area contributed by atoms with E-state index in [9.17, 15) is 4.79 Å². The van der Waals surface area contributed by atoms with Gasteiger partial charge in [-0.1, -0.05) is 26.0 Å². The number of ether oxygens (including phenoxy) is 1. The molecule has 0 aliphatic rings. The molecule has 5 nitrogen and oxygen atoms in total. The maximum Gasteiger partial charge on any atom is 0.339 e. The molecule has 21 heavy (non-hydrogen) atoms. The number of benzene rings is 1. The lowest BCUT2D eigenvalue weighted by Crippen LogP contribution is -2.10. The van der Waals surface area contributed by atoms with Crippen LogP contribution in [0.3, 0.4) is 0 Å². The normalized spacial score (nSPS) is 10.7. The first-order valence-corrected chi connectivity index (χ1v) is 6.73. The molecule has 1 N–H and O–H groups in total. The number of hydrogen-bond acceptors (Lipinski definition) is 4. The van der Waals surface area contributed by atoms with Crippen LogP contribution in [0.1, 0.15) is 47.2 Å². The Morgan fingerprint density at radius 2 is 1.95 bits per heavy atom. The van der Waals surface area contributed by atoms with E-state index in [-0.39, 0.29) is 11.5 Å². The highest BCUT2D eigenvalue weighted by Crippen LogP contribution is 2.18. The number of nitrogens with zero attached hydrogens (tertiary/aromatic N) is 2. The largest absolute Gasteiger partial charge is 0.497 e. The number of carboxylic acid groups (broad SMARTS) is 1. The number of hydrogen-bond donors (Lipinski definition) is 1. The molecule has 0 fully saturated rings. The fourth-order valence-electron chi connectivity index (χ4n) is 2.05. The highest BCUT2D eigenvalue weighted by Gasteiger charge is 2.16. The highest BCUT2D eigenvalue weighted by atomic mass is 16.5. The van der Waals surface area contributed by atoms with E-state index >= 15 is 0 Å². The Morgan fingerprint density at radius 3 is 2.48 bits per heavy atom. The second-order valence-electron chi connectivity index (χ2n) is 5.07. The van der Waals surface area contributed by atoms with Crippen molar-refractivity contribution >= 4 is 5.97 Å². The summed E-state index contributed by atoms with van der Waals surface area (Å²) in [6.07, 6.45) is 1.95. The predicted octanol–water partition coefficient (Wildman–Crippen LogP) is 2.90. The molecular formula is C16H18N2O3. The van der Waals surface area contributed by atoms with Gasteiger partial charge in [0.15, 0.2) is 0 Å². The van der Waals surface area contributed by atoms with Crippen molar-refractivity contribution in [3.63, 3.8) is 0 Å². The SMILES string of the molecule is COc1ccc(Cc2ncc(C(=O)O)c(C(C)C)n2)cc1. The molecule has 1 aromatic carbocycles. The minimum Gasteiger partial charge on any atom is -0.497 e. The first kappa shape index (κ1) is 15.0. The van der Waals surface area contributed by atoms with E-state index < -0.39 is 5.97 Å². The summed E-state index contributed by atoms with van der Waals surface area (Å²) in [4.78, 5) is 19.7. The Bertz CT molecular complexity index is 636. The van der Waals surface area contributed by atoms with Gasteiger partial charge in [-0.05, 0) is 23.6 Å². The molecule has 5 heteroatoms. The summed E-state index contributed by atoms with van der Waals surface area (Å²) >= 11 is 0. The predicted molar refractivity (Wildman–Crippen MR) is 78.9 cm³/mol. The van der Waals surface area contributed by atoms with Crippen LogP contribution in [0.15, 0.2) is 30.5 Å². The Balaban J connectivity index is 2.27. The molecule has 0 amide bonds. The summed E-state index contributed by atoms with van der Waals surface area (Å²) in [5.74, 6) is 0.459. The van der Waals surface area contributed by atoms with Crippen LogP contribution in [-0.2, 0) is 6.42 Å². The van der Waals surface area contributed by atoms with Crippen LogP contribution in [0.5, 0.6) is 5.75 Å². The average Bonchev–Trinajstić information content (AvgIpc) is 2.47. The van der Waals surface area contributed by atoms with Gasteiger partial charge in [-0.25, -0.2) is 14.8 Å². The third-order valence-electron chi connectivity index (χ3n) is 3.17. The maximum absolute atomic E-state index is 11.2. The van der Waals surface area contributed by atoms with Crippen molar-refractivity contribution in [3.8, 4) is 5.75 Å². The van der Waals surface area contributed by atoms with Gasteiger partial charge in [-0.15, -0.1) is 0 Å². The van der Waals surface area contributed by atoms with Crippen molar-refractivity contribution in [2.24, 2.45) is 0 Å². The zero-order valence-corrected chi connectivity index (χ0v) is 12.3. The highest BCUT2D eigenvalue weighted by molar-refractivity contribution is 5.88. The first-order chi connectivity index (χ1) is 10.0. The molecule has 0 aliphatic carbocycles. The van der Waals surface area contributed by atoms with Crippen molar-refractivity contribution in [2.45, 2.75) is 26.2 Å². The molecule has 110 valence electrons. The topological polar surface area (TPSA) is 72.3 Å². The Morgan fingerprint density at radius 1 is 1.29 bits per heavy atom. The second-order valence-corrected chi connectivity index (χ2v) is 5.07. The monoisotopic (exact) mass is 286 g/mol. The number of methoxy groups -OCH3 is 1. The fourth-order valence-corrected chi connectivity index (χ4v) is 2.05. The molecule has 2 aromatic rings. The van der Waals surface area contributed by atoms with Gasteiger partial charge in [0.1, 0.15) is 11.6 Å². The molecule has 0 radical (unpaired) electrons. The van der Waals surface area contributed by atoms with Crippen LogP contribution >= 0.6 is 0 Å². The minimum absolute atomic E-state index is 0.0358. The summed E-state index contributed by atoms with van der Waals surface area (Å²) in [7, 11) is 1.62. The van der Waals surface area contributed by atoms with Gasteiger partial charge in [-0.3, -0.25) is 0 Å². The lowest BCUT2D eigenvalue weighted by Gasteiger charge is -2.10. The summed E-state index contributed by atoms with van der Waals surface area (Å²) in [5.41, 5.74) is 1.79. The van der Waals surface area contributed by atoms with E-state index in [2.05, 4.69) is 9.97 Å². The smallest absolute Gasteiger partial charge is 0.339 e. The zero-order valence-electron chi connectivity index (χ0n) is 12.3. The molecule has 1 heterocycles. The minimum atomic E-state index is -0.991. The van der Waals surface area contributed by atoms with Gasteiger partial charge in [-0.2, -0.15) is 0 Å². The van der Waals surface area contributed by atoms with Gasteiger partial charge in [0, 0.05) is 12.6 Å². The molecule has 0 saturated heterocycles. The fraction of sp³-hybridized carbons (Fsp3) is 0.312. The summed E-state index contributed by atoms with van der Waals surface area (Å²) in [6.45, 7) is 3.85. The van der Waals surface area contributed by atoms with Crippen LogP contribution in [0.2, 0.25) is 0 Å². The van der Waals surface area contributed by atoms with Gasteiger partial charge in [0.05, 0.1) is 18.4 Å². The van der Waals surface area contributed by atoms with E-state index in [1.165, 1.54) is 6.20 Å².